The molecule has 1 atom stereocenters. The fraction of sp³-hybridized carbons (Fsp3) is 0.591. The molecule has 142 valence electrons. The third kappa shape index (κ3) is 17.0. The largest absolute Gasteiger partial charge is 0.388 e. The molecular formula is C22H37NO2. The average molecular weight is 348 g/mol. The van der Waals surface area contributed by atoms with E-state index < -0.39 is 5.60 Å². The quantitative estimate of drug-likeness (QED) is 0.256. The zero-order chi connectivity index (χ0) is 18.8. The smallest absolute Gasteiger partial charge is 0.243 e. The lowest BCUT2D eigenvalue weighted by molar-refractivity contribution is -0.117. The average Bonchev–Trinajstić information content (AvgIpc) is 2.59. The van der Waals surface area contributed by atoms with E-state index in [0.717, 1.165) is 38.5 Å². The molecule has 0 rings (SSSR count). The van der Waals surface area contributed by atoms with Gasteiger partial charge in [-0.1, -0.05) is 82.1 Å². The third-order valence-electron chi connectivity index (χ3n) is 3.82. The Kier molecular flexibility index (Phi) is 14.9. The second-order valence-corrected chi connectivity index (χ2v) is 6.65. The molecule has 0 spiro atoms. The first-order valence-electron chi connectivity index (χ1n) is 9.67. The molecule has 1 amide bonds. The van der Waals surface area contributed by atoms with Gasteiger partial charge in [0.25, 0.3) is 0 Å². The highest BCUT2D eigenvalue weighted by molar-refractivity contribution is 5.87. The molecule has 0 heterocycles. The van der Waals surface area contributed by atoms with Gasteiger partial charge in [0, 0.05) is 6.54 Å². The molecule has 0 aromatic rings. The molecule has 1 unspecified atom stereocenters. The molecule has 0 saturated heterocycles. The second-order valence-electron chi connectivity index (χ2n) is 6.65. The normalized spacial score (nSPS) is 14.9. The number of unbranched alkanes of at least 4 members (excludes halogenated alkanes) is 4. The highest BCUT2D eigenvalue weighted by Gasteiger charge is 2.19. The second kappa shape index (κ2) is 15.9. The predicted molar refractivity (Wildman–Crippen MR) is 108 cm³/mol. The molecule has 25 heavy (non-hydrogen) atoms. The van der Waals surface area contributed by atoms with Crippen molar-refractivity contribution in [1.82, 2.24) is 5.32 Å². The van der Waals surface area contributed by atoms with Crippen LogP contribution < -0.4 is 5.32 Å². The summed E-state index contributed by atoms with van der Waals surface area (Å²) in [5.41, 5.74) is -0.821. The van der Waals surface area contributed by atoms with Crippen LogP contribution in [0.25, 0.3) is 0 Å². The lowest BCUT2D eigenvalue weighted by Gasteiger charge is -2.23. The maximum Gasteiger partial charge on any atom is 0.243 e. The van der Waals surface area contributed by atoms with Crippen LogP contribution in [-0.4, -0.2) is 23.2 Å². The zero-order valence-corrected chi connectivity index (χ0v) is 16.3. The van der Waals surface area contributed by atoms with Crippen molar-refractivity contribution in [2.75, 3.05) is 6.54 Å². The van der Waals surface area contributed by atoms with E-state index >= 15 is 0 Å². The van der Waals surface area contributed by atoms with E-state index in [2.05, 4.69) is 31.3 Å². The van der Waals surface area contributed by atoms with Gasteiger partial charge in [-0.25, -0.2) is 0 Å². The van der Waals surface area contributed by atoms with Gasteiger partial charge in [0.2, 0.25) is 5.91 Å². The molecular weight excluding hydrogens is 310 g/mol. The number of carbonyl (C=O) groups is 1. The van der Waals surface area contributed by atoms with Crippen LogP contribution in [0.15, 0.2) is 48.6 Å². The van der Waals surface area contributed by atoms with Gasteiger partial charge in [-0.3, -0.25) is 4.79 Å². The van der Waals surface area contributed by atoms with Gasteiger partial charge in [-0.15, -0.1) is 0 Å². The van der Waals surface area contributed by atoms with E-state index in [9.17, 15) is 9.90 Å². The van der Waals surface area contributed by atoms with E-state index in [1.54, 1.807) is 13.0 Å². The number of nitrogens with one attached hydrogen (secondary N) is 1. The van der Waals surface area contributed by atoms with E-state index in [4.69, 9.17) is 0 Å². The van der Waals surface area contributed by atoms with E-state index in [-0.39, 0.29) is 5.91 Å². The summed E-state index contributed by atoms with van der Waals surface area (Å²) in [4.78, 5) is 11.8. The molecule has 0 aromatic heterocycles. The van der Waals surface area contributed by atoms with Crippen molar-refractivity contribution in [2.24, 2.45) is 0 Å². The maximum atomic E-state index is 11.8. The molecule has 0 aliphatic carbocycles. The van der Waals surface area contributed by atoms with Crippen LogP contribution in [0.1, 0.15) is 72.1 Å². The minimum absolute atomic E-state index is 0.137. The lowest BCUT2D eigenvalue weighted by Crippen LogP contribution is -2.40. The fourth-order valence-corrected chi connectivity index (χ4v) is 2.26. The number of carbonyl (C=O) groups excluding carboxylic acids is 1. The monoisotopic (exact) mass is 347 g/mol. The Balaban J connectivity index is 3.83. The van der Waals surface area contributed by atoms with Gasteiger partial charge in [0.15, 0.2) is 0 Å². The van der Waals surface area contributed by atoms with Gasteiger partial charge >= 0.3 is 0 Å². The zero-order valence-electron chi connectivity index (χ0n) is 16.3. The van der Waals surface area contributed by atoms with Gasteiger partial charge in [-0.2, -0.15) is 0 Å². The van der Waals surface area contributed by atoms with E-state index in [0.29, 0.717) is 6.54 Å². The molecule has 0 aromatic carbocycles. The summed E-state index contributed by atoms with van der Waals surface area (Å²) in [7, 11) is 0. The fourth-order valence-electron chi connectivity index (χ4n) is 2.26. The topological polar surface area (TPSA) is 49.3 Å². The summed E-state index contributed by atoms with van der Waals surface area (Å²) in [6, 6.07) is 0. The van der Waals surface area contributed by atoms with Crippen molar-refractivity contribution in [1.29, 1.82) is 0 Å². The molecule has 3 heteroatoms. The van der Waals surface area contributed by atoms with E-state index in [1.165, 1.54) is 12.8 Å². The van der Waals surface area contributed by atoms with Crippen LogP contribution in [0.3, 0.4) is 0 Å². The Morgan fingerprint density at radius 2 is 1.64 bits per heavy atom. The van der Waals surface area contributed by atoms with Crippen molar-refractivity contribution in [3.8, 4) is 0 Å². The molecule has 2 N–H and O–H groups in total. The van der Waals surface area contributed by atoms with Crippen LogP contribution in [0.2, 0.25) is 0 Å². The van der Waals surface area contributed by atoms with Crippen molar-refractivity contribution in [2.45, 2.75) is 77.7 Å². The van der Waals surface area contributed by atoms with Crippen LogP contribution in [0, 0.1) is 0 Å². The van der Waals surface area contributed by atoms with Crippen molar-refractivity contribution < 1.29 is 9.90 Å². The molecule has 0 aliphatic rings. The van der Waals surface area contributed by atoms with Crippen LogP contribution in [0.5, 0.6) is 0 Å². The van der Waals surface area contributed by atoms with E-state index in [1.807, 2.05) is 30.4 Å². The summed E-state index contributed by atoms with van der Waals surface area (Å²) in [5, 5.41) is 13.0. The summed E-state index contributed by atoms with van der Waals surface area (Å²) in [6.07, 6.45) is 23.7. The maximum absolute atomic E-state index is 11.8. The Labute approximate surface area is 154 Å². The Morgan fingerprint density at radius 3 is 2.32 bits per heavy atom. The Hall–Kier alpha value is -1.61. The molecule has 0 bridgehead atoms. The first-order chi connectivity index (χ1) is 12.0. The summed E-state index contributed by atoms with van der Waals surface area (Å²) >= 11 is 0. The first-order valence-corrected chi connectivity index (χ1v) is 9.67. The number of amides is 1. The number of allylic oxidation sites excluding steroid dienone is 7. The molecule has 3 nitrogen and oxygen atoms in total. The molecule has 0 radical (unpaired) electrons. The number of hydrogen-bond donors (Lipinski definition) is 2. The van der Waals surface area contributed by atoms with Crippen LogP contribution in [-0.2, 0) is 4.79 Å². The number of hydrogen-bond acceptors (Lipinski definition) is 2. The summed E-state index contributed by atoms with van der Waals surface area (Å²) in [5.74, 6) is -0.137. The highest BCUT2D eigenvalue weighted by atomic mass is 16.3. The molecule has 0 fully saturated rings. The minimum atomic E-state index is -0.821. The number of aliphatic hydroxyl groups is 1. The SMILES string of the molecule is CCC=CC=CC=CCCC=CC(=O)NCC(C)(O)CCCCCC. The minimum Gasteiger partial charge on any atom is -0.388 e. The Bertz CT molecular complexity index is 445. The summed E-state index contributed by atoms with van der Waals surface area (Å²) < 4.78 is 0. The third-order valence-corrected chi connectivity index (χ3v) is 3.82. The summed E-state index contributed by atoms with van der Waals surface area (Å²) in [6.45, 7) is 6.37. The van der Waals surface area contributed by atoms with Crippen molar-refractivity contribution in [3.05, 3.63) is 48.6 Å². The van der Waals surface area contributed by atoms with Crippen molar-refractivity contribution >= 4 is 5.91 Å². The number of rotatable bonds is 14. The molecule has 0 saturated carbocycles. The van der Waals surface area contributed by atoms with Crippen molar-refractivity contribution in [3.63, 3.8) is 0 Å². The van der Waals surface area contributed by atoms with Gasteiger partial charge in [0.05, 0.1) is 5.60 Å². The van der Waals surface area contributed by atoms with Gasteiger partial charge in [-0.05, 0) is 38.7 Å². The predicted octanol–water partition coefficient (Wildman–Crippen LogP) is 5.24. The highest BCUT2D eigenvalue weighted by Crippen LogP contribution is 2.14. The van der Waals surface area contributed by atoms with Crippen LogP contribution in [0.4, 0.5) is 0 Å². The molecule has 0 aliphatic heterocycles. The van der Waals surface area contributed by atoms with Gasteiger partial charge < -0.3 is 10.4 Å². The van der Waals surface area contributed by atoms with Crippen LogP contribution >= 0.6 is 0 Å². The standard InChI is InChI=1S/C22H37NO2/c1-4-6-8-10-11-12-13-14-15-16-18-21(24)23-20-22(3,25)19-17-9-7-5-2/h6,8,10-13,16,18,25H,4-5,7,9,14-15,17,19-20H2,1-3H3,(H,23,24). The first kappa shape index (κ1) is 23.4. The Morgan fingerprint density at radius 1 is 0.960 bits per heavy atom. The van der Waals surface area contributed by atoms with Gasteiger partial charge in [0.1, 0.15) is 0 Å². The lowest BCUT2D eigenvalue weighted by atomic mass is 9.98.